The van der Waals surface area contributed by atoms with Crippen molar-refractivity contribution in [2.75, 3.05) is 26.2 Å². The zero-order valence-corrected chi connectivity index (χ0v) is 19.7. The monoisotopic (exact) mass is 450 g/mol. The zero-order valence-electron chi connectivity index (χ0n) is 19.7. The molecule has 1 aromatic carbocycles. The fraction of sp³-hybridized carbons (Fsp3) is 0.481. The van der Waals surface area contributed by atoms with Crippen molar-refractivity contribution < 1.29 is 9.18 Å². The van der Waals surface area contributed by atoms with Crippen molar-refractivity contribution in [3.05, 3.63) is 71.2 Å². The van der Waals surface area contributed by atoms with E-state index < -0.39 is 0 Å². The molecule has 1 amide bonds. The van der Waals surface area contributed by atoms with Crippen LogP contribution < -0.4 is 5.32 Å². The van der Waals surface area contributed by atoms with Crippen LogP contribution in [0.1, 0.15) is 49.3 Å². The van der Waals surface area contributed by atoms with Crippen LogP contribution in [0.5, 0.6) is 0 Å². The van der Waals surface area contributed by atoms with Crippen LogP contribution in [0.15, 0.2) is 59.5 Å². The van der Waals surface area contributed by atoms with Crippen LogP contribution in [0.4, 0.5) is 4.39 Å². The summed E-state index contributed by atoms with van der Waals surface area (Å²) < 4.78 is 14.7. The number of hydrogen-bond donors (Lipinski definition) is 1. The number of fused-ring (bicyclic) bond motifs is 1. The van der Waals surface area contributed by atoms with Crippen molar-refractivity contribution in [2.24, 2.45) is 4.99 Å². The number of nitrogens with one attached hydrogen (secondary N) is 1. The van der Waals surface area contributed by atoms with Crippen LogP contribution >= 0.6 is 0 Å². The number of piperidine rings is 1. The summed E-state index contributed by atoms with van der Waals surface area (Å²) >= 11 is 0. The minimum absolute atomic E-state index is 0.0120. The molecule has 0 saturated carbocycles. The van der Waals surface area contributed by atoms with E-state index in [2.05, 4.69) is 46.9 Å². The van der Waals surface area contributed by atoms with Gasteiger partial charge >= 0.3 is 0 Å². The summed E-state index contributed by atoms with van der Waals surface area (Å²) in [7, 11) is 0. The fourth-order valence-corrected chi connectivity index (χ4v) is 4.88. The average molecular weight is 451 g/mol. The number of likely N-dealkylation sites (tertiary alicyclic amines) is 1. The van der Waals surface area contributed by atoms with E-state index in [-0.39, 0.29) is 17.8 Å². The lowest BCUT2D eigenvalue weighted by Crippen LogP contribution is -2.49. The minimum Gasteiger partial charge on any atom is -0.363 e. The number of carbonyl (C=O) groups excluding carboxylic acids is 1. The number of hydrogen-bond acceptors (Lipinski definition) is 4. The highest BCUT2D eigenvalue weighted by atomic mass is 19.1. The second kappa shape index (κ2) is 10.9. The standard InChI is InChI=1S/C27H35FN4O/c1-3-26(33)32-15-6-8-24(19-32)30-27-25(28)9-5-7-23(29-27)13-11-20-10-12-21-14-16-31(4-2)18-22(21)17-20/h3,7,9-10,12,17,24H,1,4-6,8,11,13-16,18-19H2,2H3,(H,29,30)/t24-/m1/s1. The first-order valence-corrected chi connectivity index (χ1v) is 12.2. The van der Waals surface area contributed by atoms with E-state index in [1.807, 2.05) is 6.08 Å². The molecule has 5 nitrogen and oxygen atoms in total. The number of nitrogens with zero attached hydrogens (tertiary/aromatic N) is 3. The Morgan fingerprint density at radius 1 is 1.27 bits per heavy atom. The predicted molar refractivity (Wildman–Crippen MR) is 132 cm³/mol. The number of allylic oxidation sites excluding steroid dienone is 3. The molecule has 33 heavy (non-hydrogen) atoms. The number of rotatable bonds is 6. The van der Waals surface area contributed by atoms with E-state index in [0.29, 0.717) is 18.8 Å². The highest BCUT2D eigenvalue weighted by Gasteiger charge is 2.24. The average Bonchev–Trinajstić information content (AvgIpc) is 3.02. The molecule has 1 atom stereocenters. The molecule has 4 rings (SSSR count). The van der Waals surface area contributed by atoms with Crippen molar-refractivity contribution in [3.8, 4) is 0 Å². The maximum atomic E-state index is 14.7. The number of amides is 1. The maximum absolute atomic E-state index is 14.7. The maximum Gasteiger partial charge on any atom is 0.246 e. The van der Waals surface area contributed by atoms with Gasteiger partial charge in [-0.1, -0.05) is 37.8 Å². The molecule has 1 saturated heterocycles. The number of aliphatic imine (C=N–C) groups is 1. The Morgan fingerprint density at radius 3 is 2.97 bits per heavy atom. The molecular weight excluding hydrogens is 415 g/mol. The van der Waals surface area contributed by atoms with Gasteiger partial charge in [0.15, 0.2) is 11.7 Å². The topological polar surface area (TPSA) is 47.9 Å². The molecule has 6 heteroatoms. The Hall–Kier alpha value is -2.73. The molecule has 3 heterocycles. The van der Waals surface area contributed by atoms with E-state index in [0.717, 1.165) is 64.0 Å². The molecule has 0 unspecified atom stereocenters. The summed E-state index contributed by atoms with van der Waals surface area (Å²) in [6, 6.07) is 6.83. The van der Waals surface area contributed by atoms with Gasteiger partial charge in [-0.3, -0.25) is 9.69 Å². The Kier molecular flexibility index (Phi) is 7.76. The molecule has 1 N–H and O–H groups in total. The van der Waals surface area contributed by atoms with Crippen molar-refractivity contribution in [2.45, 2.75) is 58.0 Å². The second-order valence-electron chi connectivity index (χ2n) is 9.14. The third kappa shape index (κ3) is 5.99. The Labute approximate surface area is 196 Å². The summed E-state index contributed by atoms with van der Waals surface area (Å²) in [5.41, 5.74) is 5.11. The lowest BCUT2D eigenvalue weighted by Gasteiger charge is -2.33. The van der Waals surface area contributed by atoms with Gasteiger partial charge in [-0.2, -0.15) is 0 Å². The Balaban J connectivity index is 1.40. The Bertz CT molecular complexity index is 980. The van der Waals surface area contributed by atoms with Crippen LogP contribution in [0, 0.1) is 0 Å². The molecule has 3 aliphatic heterocycles. The van der Waals surface area contributed by atoms with Gasteiger partial charge in [0.2, 0.25) is 5.91 Å². The van der Waals surface area contributed by atoms with Gasteiger partial charge in [0.05, 0.1) is 0 Å². The third-order valence-electron chi connectivity index (χ3n) is 6.86. The van der Waals surface area contributed by atoms with Crippen molar-refractivity contribution in [1.29, 1.82) is 0 Å². The number of benzene rings is 1. The second-order valence-corrected chi connectivity index (χ2v) is 9.14. The van der Waals surface area contributed by atoms with Crippen molar-refractivity contribution in [1.82, 2.24) is 15.1 Å². The molecule has 0 bridgehead atoms. The SMILES string of the molecule is C=CC(=O)N1CCC[C@@H](NC2=NC(CCc3ccc4c(c3)CN(CC)CC4)=CCC=C2F)C1. The zero-order chi connectivity index (χ0) is 23.2. The fourth-order valence-electron chi connectivity index (χ4n) is 4.88. The number of likely N-dealkylation sites (N-methyl/N-ethyl adjacent to an activating group) is 1. The molecule has 1 fully saturated rings. The van der Waals surface area contributed by atoms with Crippen LogP contribution in [-0.2, 0) is 24.2 Å². The summed E-state index contributed by atoms with van der Waals surface area (Å²) in [4.78, 5) is 20.9. The normalized spacial score (nSPS) is 21.3. The first kappa shape index (κ1) is 23.4. The van der Waals surface area contributed by atoms with E-state index in [9.17, 15) is 9.18 Å². The first-order valence-electron chi connectivity index (χ1n) is 12.2. The number of halogens is 1. The van der Waals surface area contributed by atoms with Crippen LogP contribution in [-0.4, -0.2) is 53.8 Å². The molecule has 0 aromatic heterocycles. The summed E-state index contributed by atoms with van der Waals surface area (Å²) in [5, 5.41) is 3.27. The van der Waals surface area contributed by atoms with Crippen LogP contribution in [0.25, 0.3) is 0 Å². The van der Waals surface area contributed by atoms with Gasteiger partial charge in [0.1, 0.15) is 0 Å². The molecule has 0 spiro atoms. The minimum atomic E-state index is -0.318. The first-order chi connectivity index (χ1) is 16.1. The highest BCUT2D eigenvalue weighted by molar-refractivity contribution is 5.97. The van der Waals surface area contributed by atoms with Crippen molar-refractivity contribution in [3.63, 3.8) is 0 Å². The van der Waals surface area contributed by atoms with Crippen LogP contribution in [0.2, 0.25) is 0 Å². The number of amidine groups is 1. The number of aryl methyl sites for hydroxylation is 1. The van der Waals surface area contributed by atoms with E-state index in [1.165, 1.54) is 22.8 Å². The van der Waals surface area contributed by atoms with E-state index >= 15 is 0 Å². The molecule has 3 aliphatic rings. The molecule has 176 valence electrons. The molecule has 0 radical (unpaired) electrons. The van der Waals surface area contributed by atoms with Gasteiger partial charge in [-0.15, -0.1) is 0 Å². The summed E-state index contributed by atoms with van der Waals surface area (Å²) in [6.45, 7) is 10.3. The predicted octanol–water partition coefficient (Wildman–Crippen LogP) is 4.30. The Morgan fingerprint density at radius 2 is 2.15 bits per heavy atom. The largest absolute Gasteiger partial charge is 0.363 e. The summed E-state index contributed by atoms with van der Waals surface area (Å²) in [6.07, 6.45) is 10.0. The molecule has 1 aromatic rings. The quantitative estimate of drug-likeness (QED) is 0.658. The van der Waals surface area contributed by atoms with Gasteiger partial charge in [-0.05, 0) is 73.9 Å². The smallest absolute Gasteiger partial charge is 0.246 e. The lowest BCUT2D eigenvalue weighted by atomic mass is 9.95. The molecular formula is C27H35FN4O. The van der Waals surface area contributed by atoms with Gasteiger partial charge in [0.25, 0.3) is 0 Å². The van der Waals surface area contributed by atoms with Gasteiger partial charge < -0.3 is 10.2 Å². The van der Waals surface area contributed by atoms with Crippen LogP contribution in [0.3, 0.4) is 0 Å². The number of carbonyl (C=O) groups is 1. The highest BCUT2D eigenvalue weighted by Crippen LogP contribution is 2.23. The molecule has 0 aliphatic carbocycles. The van der Waals surface area contributed by atoms with Gasteiger partial charge in [0, 0.05) is 37.9 Å². The lowest BCUT2D eigenvalue weighted by molar-refractivity contribution is -0.127. The summed E-state index contributed by atoms with van der Waals surface area (Å²) in [5.74, 6) is -0.101. The third-order valence-corrected chi connectivity index (χ3v) is 6.86. The van der Waals surface area contributed by atoms with Crippen molar-refractivity contribution >= 4 is 11.7 Å². The van der Waals surface area contributed by atoms with Gasteiger partial charge in [-0.25, -0.2) is 9.38 Å². The van der Waals surface area contributed by atoms with E-state index in [1.54, 1.807) is 11.0 Å². The van der Waals surface area contributed by atoms with E-state index in [4.69, 9.17) is 0 Å².